The van der Waals surface area contributed by atoms with E-state index in [0.717, 1.165) is 16.8 Å². The molecule has 0 N–H and O–H groups in total. The maximum absolute atomic E-state index is 3.39. The zero-order chi connectivity index (χ0) is 28.8. The maximum Gasteiger partial charge on any atom is 0.0561 e. The van der Waals surface area contributed by atoms with Gasteiger partial charge in [-0.2, -0.15) is 0 Å². The van der Waals surface area contributed by atoms with Crippen molar-refractivity contribution in [2.75, 3.05) is 0 Å². The number of aromatic nitrogens is 2. The summed E-state index contributed by atoms with van der Waals surface area (Å²) >= 11 is 0. The van der Waals surface area contributed by atoms with Crippen molar-refractivity contribution in [2.45, 2.75) is 0 Å². The number of hydrogen-bond donors (Lipinski definition) is 0. The average molecular weight is 557 g/mol. The van der Waals surface area contributed by atoms with Crippen molar-refractivity contribution in [2.24, 2.45) is 0 Å². The van der Waals surface area contributed by atoms with Crippen molar-refractivity contribution in [3.8, 4) is 11.4 Å². The molecule has 0 fully saturated rings. The molecule has 10 rings (SSSR count). The van der Waals surface area contributed by atoms with Gasteiger partial charge in [-0.25, -0.2) is 0 Å². The van der Waals surface area contributed by atoms with E-state index in [1.807, 2.05) is 6.07 Å². The highest BCUT2D eigenvalue weighted by Gasteiger charge is 2.17. The summed E-state index contributed by atoms with van der Waals surface area (Å²) in [4.78, 5) is 0. The lowest BCUT2D eigenvalue weighted by molar-refractivity contribution is 1.16. The Morgan fingerprint density at radius 3 is 1.45 bits per heavy atom. The van der Waals surface area contributed by atoms with Crippen LogP contribution >= 0.6 is 0 Å². The SMILES string of the molecule is c1ccc2c(c#1)c1ccccc1c1cc(-n3c4ccccc4c4ccc(-n5c6ccccc6c6ccccc65)cc43)ccc21. The molecule has 2 aromatic heterocycles. The topological polar surface area (TPSA) is 9.86 Å². The highest BCUT2D eigenvalue weighted by molar-refractivity contribution is 6.25. The molecule has 0 unspecified atom stereocenters. The van der Waals surface area contributed by atoms with Gasteiger partial charge in [0.15, 0.2) is 0 Å². The van der Waals surface area contributed by atoms with E-state index in [4.69, 9.17) is 0 Å². The molecule has 202 valence electrons. The molecule has 0 amide bonds. The van der Waals surface area contributed by atoms with Gasteiger partial charge in [-0.3, -0.25) is 0 Å². The molecule has 0 saturated heterocycles. The zero-order valence-corrected chi connectivity index (χ0v) is 23.8. The van der Waals surface area contributed by atoms with Crippen LogP contribution in [0.15, 0.2) is 146 Å². The van der Waals surface area contributed by atoms with E-state index < -0.39 is 0 Å². The summed E-state index contributed by atoms with van der Waals surface area (Å²) in [6.45, 7) is 0. The molecule has 0 spiro atoms. The van der Waals surface area contributed by atoms with Crippen molar-refractivity contribution >= 4 is 75.9 Å². The van der Waals surface area contributed by atoms with E-state index >= 15 is 0 Å². The van der Waals surface area contributed by atoms with E-state index in [2.05, 4.69) is 161 Å². The first-order valence-corrected chi connectivity index (χ1v) is 15.0. The molecule has 2 heterocycles. The number of nitrogens with zero attached hydrogens (tertiary/aromatic N) is 2. The number of rotatable bonds is 2. The molecule has 8 aromatic carbocycles. The number of para-hydroxylation sites is 3. The molecular formula is C42H24N2. The lowest BCUT2D eigenvalue weighted by atomic mass is 9.95. The third-order valence-electron chi connectivity index (χ3n) is 9.33. The van der Waals surface area contributed by atoms with E-state index in [-0.39, 0.29) is 0 Å². The Kier molecular flexibility index (Phi) is 4.67. The zero-order valence-electron chi connectivity index (χ0n) is 23.8. The van der Waals surface area contributed by atoms with Crippen LogP contribution < -0.4 is 0 Å². The number of hydrogen-bond acceptors (Lipinski definition) is 0. The highest BCUT2D eigenvalue weighted by Crippen LogP contribution is 2.39. The van der Waals surface area contributed by atoms with Crippen molar-refractivity contribution in [3.63, 3.8) is 0 Å². The van der Waals surface area contributed by atoms with Crippen LogP contribution in [0.2, 0.25) is 0 Å². The Balaban J connectivity index is 1.31. The fourth-order valence-electron chi connectivity index (χ4n) is 7.47. The summed E-state index contributed by atoms with van der Waals surface area (Å²) in [7, 11) is 0. The molecule has 2 nitrogen and oxygen atoms in total. The summed E-state index contributed by atoms with van der Waals surface area (Å²) in [5, 5.41) is 12.3. The molecule has 0 aliphatic heterocycles. The van der Waals surface area contributed by atoms with E-state index in [0.29, 0.717) is 0 Å². The fourth-order valence-corrected chi connectivity index (χ4v) is 7.47. The lowest BCUT2D eigenvalue weighted by Gasteiger charge is -2.14. The van der Waals surface area contributed by atoms with Gasteiger partial charge in [0.25, 0.3) is 0 Å². The molecule has 10 aromatic rings. The quantitative estimate of drug-likeness (QED) is 0.187. The van der Waals surface area contributed by atoms with Crippen molar-refractivity contribution in [1.29, 1.82) is 0 Å². The molecular weight excluding hydrogens is 532 g/mol. The smallest absolute Gasteiger partial charge is 0.0561 e. The van der Waals surface area contributed by atoms with Crippen molar-refractivity contribution in [3.05, 3.63) is 158 Å². The lowest BCUT2D eigenvalue weighted by Crippen LogP contribution is -1.97. The largest absolute Gasteiger partial charge is 0.309 e. The predicted octanol–water partition coefficient (Wildman–Crippen LogP) is 10.9. The molecule has 0 radical (unpaired) electrons. The van der Waals surface area contributed by atoms with Crippen molar-refractivity contribution in [1.82, 2.24) is 9.13 Å². The minimum absolute atomic E-state index is 1.12. The van der Waals surface area contributed by atoms with Gasteiger partial charge in [-0.15, -0.1) is 0 Å². The third-order valence-corrected chi connectivity index (χ3v) is 9.33. The van der Waals surface area contributed by atoms with Crippen molar-refractivity contribution < 1.29 is 0 Å². The Hall–Kier alpha value is -6.04. The predicted molar refractivity (Wildman–Crippen MR) is 185 cm³/mol. The van der Waals surface area contributed by atoms with Gasteiger partial charge in [0.1, 0.15) is 0 Å². The number of fused-ring (bicyclic) bond motifs is 12. The Morgan fingerprint density at radius 2 is 0.795 bits per heavy atom. The van der Waals surface area contributed by atoms with Gasteiger partial charge in [-0.05, 0) is 81.5 Å². The van der Waals surface area contributed by atoms with Crippen LogP contribution in [0, 0.1) is 12.1 Å². The molecule has 0 aliphatic rings. The Labute approximate surface area is 253 Å². The van der Waals surface area contributed by atoms with E-state index in [1.165, 1.54) is 70.5 Å². The second kappa shape index (κ2) is 8.74. The van der Waals surface area contributed by atoms with E-state index in [9.17, 15) is 0 Å². The van der Waals surface area contributed by atoms with Gasteiger partial charge in [0.2, 0.25) is 0 Å². The first-order chi connectivity index (χ1) is 21.8. The second-order valence-electron chi connectivity index (χ2n) is 11.6. The minimum atomic E-state index is 1.12. The fraction of sp³-hybridized carbons (Fsp3) is 0. The Bertz CT molecular complexity index is 2690. The molecule has 0 saturated carbocycles. The minimum Gasteiger partial charge on any atom is -0.309 e. The first kappa shape index (κ1) is 23.5. The summed E-state index contributed by atoms with van der Waals surface area (Å²) < 4.78 is 4.84. The average Bonchev–Trinajstić information content (AvgIpc) is 3.61. The first-order valence-electron chi connectivity index (χ1n) is 15.0. The van der Waals surface area contributed by atoms with Crippen LogP contribution in [0.4, 0.5) is 0 Å². The van der Waals surface area contributed by atoms with Gasteiger partial charge in [0.05, 0.1) is 22.1 Å². The summed E-state index contributed by atoms with van der Waals surface area (Å²) in [5.41, 5.74) is 7.14. The van der Waals surface area contributed by atoms with Crippen LogP contribution in [-0.2, 0) is 0 Å². The molecule has 0 bridgehead atoms. The normalized spacial score (nSPS) is 11.9. The van der Waals surface area contributed by atoms with E-state index in [1.54, 1.807) is 0 Å². The van der Waals surface area contributed by atoms with Crippen LogP contribution in [0.5, 0.6) is 0 Å². The van der Waals surface area contributed by atoms with Gasteiger partial charge in [-0.1, -0.05) is 103 Å². The summed E-state index contributed by atoms with van der Waals surface area (Å²) in [5.74, 6) is 0. The van der Waals surface area contributed by atoms with Gasteiger partial charge < -0.3 is 9.13 Å². The molecule has 0 aliphatic carbocycles. The maximum atomic E-state index is 3.39. The van der Waals surface area contributed by atoms with Gasteiger partial charge >= 0.3 is 0 Å². The number of benzene rings is 7. The standard InChI is InChI=1S/C42H24N2/c1-2-13-31-29(11-1)30-12-3-4-14-32(30)38-25-27(21-23-33(31)38)44-41-20-10-7-17-36(41)37-24-22-28(26-42(37)44)43-39-18-8-5-15-34(39)35-16-6-9-19-40(35)43/h2-10,12-26H. The van der Waals surface area contributed by atoms with Crippen LogP contribution in [0.25, 0.3) is 87.3 Å². The summed E-state index contributed by atoms with van der Waals surface area (Å²) in [6.07, 6.45) is 0. The molecule has 2 heteroatoms. The summed E-state index contributed by atoms with van der Waals surface area (Å²) in [6, 6.07) is 59.4. The third kappa shape index (κ3) is 3.11. The van der Waals surface area contributed by atoms with Crippen LogP contribution in [0.3, 0.4) is 0 Å². The van der Waals surface area contributed by atoms with Gasteiger partial charge in [0, 0.05) is 38.3 Å². The monoisotopic (exact) mass is 556 g/mol. The van der Waals surface area contributed by atoms with Crippen LogP contribution in [0.1, 0.15) is 0 Å². The second-order valence-corrected chi connectivity index (χ2v) is 11.6. The Morgan fingerprint density at radius 1 is 0.341 bits per heavy atom. The molecule has 44 heavy (non-hydrogen) atoms. The highest BCUT2D eigenvalue weighted by atomic mass is 15.0. The molecule has 0 atom stereocenters. The van der Waals surface area contributed by atoms with Crippen LogP contribution in [-0.4, -0.2) is 9.13 Å².